The van der Waals surface area contributed by atoms with Gasteiger partial charge in [0.25, 0.3) is 11.8 Å². The van der Waals surface area contributed by atoms with E-state index in [0.717, 1.165) is 5.56 Å². The zero-order valence-corrected chi connectivity index (χ0v) is 22.7. The van der Waals surface area contributed by atoms with Gasteiger partial charge in [-0.3, -0.25) is 14.9 Å². The molecule has 1 saturated heterocycles. The van der Waals surface area contributed by atoms with E-state index in [9.17, 15) is 24.0 Å². The summed E-state index contributed by atoms with van der Waals surface area (Å²) in [7, 11) is 0. The van der Waals surface area contributed by atoms with Gasteiger partial charge in [-0.15, -0.1) is 5.06 Å². The van der Waals surface area contributed by atoms with Crippen LogP contribution in [0.5, 0.6) is 0 Å². The molecular formula is C26H29N7O8. The fourth-order valence-corrected chi connectivity index (χ4v) is 3.77. The van der Waals surface area contributed by atoms with Gasteiger partial charge in [-0.2, -0.15) is 0 Å². The van der Waals surface area contributed by atoms with Crippen LogP contribution in [0.2, 0.25) is 0 Å². The van der Waals surface area contributed by atoms with Gasteiger partial charge in [0.15, 0.2) is 17.0 Å². The molecule has 15 heteroatoms. The molecule has 1 aliphatic rings. The number of nitrogens with one attached hydrogen (secondary N) is 2. The van der Waals surface area contributed by atoms with E-state index in [4.69, 9.17) is 14.3 Å². The number of alkyl carbamates (subject to hydrolysis) is 1. The molecule has 1 aliphatic heterocycles. The van der Waals surface area contributed by atoms with Crippen LogP contribution in [0.3, 0.4) is 0 Å². The van der Waals surface area contributed by atoms with Crippen LogP contribution in [-0.2, 0) is 41.8 Å². The van der Waals surface area contributed by atoms with Crippen molar-refractivity contribution >= 4 is 47.0 Å². The highest BCUT2D eigenvalue weighted by Gasteiger charge is 2.36. The van der Waals surface area contributed by atoms with Crippen LogP contribution in [0.4, 0.5) is 15.4 Å². The Morgan fingerprint density at radius 1 is 1.00 bits per heavy atom. The summed E-state index contributed by atoms with van der Waals surface area (Å²) in [6.07, 6.45) is 0.813. The van der Waals surface area contributed by atoms with E-state index in [1.165, 1.54) is 12.7 Å². The Kier molecular flexibility index (Phi) is 8.75. The first-order chi connectivity index (χ1) is 19.5. The third-order valence-electron chi connectivity index (χ3n) is 5.66. The number of aryl methyl sites for hydroxylation is 1. The molecule has 4 rings (SSSR count). The zero-order chi connectivity index (χ0) is 29.6. The number of hydrogen-bond donors (Lipinski definition) is 2. The van der Waals surface area contributed by atoms with Gasteiger partial charge in [-0.1, -0.05) is 30.3 Å². The molecule has 0 unspecified atom stereocenters. The van der Waals surface area contributed by atoms with Crippen molar-refractivity contribution in [2.45, 2.75) is 64.8 Å². The summed E-state index contributed by atoms with van der Waals surface area (Å²) in [5, 5.41) is 5.37. The normalized spacial score (nSPS) is 14.1. The van der Waals surface area contributed by atoms with Crippen molar-refractivity contribution in [3.05, 3.63) is 48.5 Å². The van der Waals surface area contributed by atoms with Crippen molar-refractivity contribution in [1.29, 1.82) is 0 Å². The maximum atomic E-state index is 12.9. The van der Waals surface area contributed by atoms with Gasteiger partial charge in [0.05, 0.1) is 6.33 Å². The van der Waals surface area contributed by atoms with Crippen molar-refractivity contribution < 1.29 is 38.3 Å². The Balaban J connectivity index is 1.44. The first-order valence-corrected chi connectivity index (χ1v) is 12.7. The minimum atomic E-state index is -1.30. The molecule has 15 nitrogen and oxygen atoms in total. The van der Waals surface area contributed by atoms with Crippen LogP contribution < -0.4 is 10.6 Å². The minimum absolute atomic E-state index is 0.0500. The van der Waals surface area contributed by atoms with Crippen LogP contribution in [0.1, 0.15) is 45.6 Å². The number of imidazole rings is 1. The number of nitrogens with zero attached hydrogens (tertiary/aromatic N) is 5. The molecule has 0 radical (unpaired) electrons. The summed E-state index contributed by atoms with van der Waals surface area (Å²) in [5.74, 6) is -2.22. The molecule has 0 saturated carbocycles. The third-order valence-corrected chi connectivity index (χ3v) is 5.66. The molecule has 0 bridgehead atoms. The van der Waals surface area contributed by atoms with Gasteiger partial charge in [-0.25, -0.2) is 29.3 Å². The molecule has 1 atom stereocenters. The number of carbonyl (C=O) groups is 5. The monoisotopic (exact) mass is 567 g/mol. The number of aromatic nitrogens is 4. The molecule has 0 spiro atoms. The van der Waals surface area contributed by atoms with E-state index in [0.29, 0.717) is 10.7 Å². The number of anilines is 1. The third kappa shape index (κ3) is 7.74. The second-order valence-electron chi connectivity index (χ2n) is 10.00. The summed E-state index contributed by atoms with van der Waals surface area (Å²) < 4.78 is 12.0. The maximum absolute atomic E-state index is 12.9. The van der Waals surface area contributed by atoms with Crippen molar-refractivity contribution in [3.8, 4) is 0 Å². The Labute approximate surface area is 234 Å². The fourth-order valence-electron chi connectivity index (χ4n) is 3.77. The highest BCUT2D eigenvalue weighted by Crippen LogP contribution is 2.19. The van der Waals surface area contributed by atoms with Crippen LogP contribution in [0.25, 0.3) is 11.2 Å². The quantitative estimate of drug-likeness (QED) is 0.362. The van der Waals surface area contributed by atoms with Gasteiger partial charge >= 0.3 is 18.2 Å². The molecule has 2 N–H and O–H groups in total. The predicted octanol–water partition coefficient (Wildman–Crippen LogP) is 2.47. The number of imide groups is 1. The van der Waals surface area contributed by atoms with Crippen LogP contribution in [0.15, 0.2) is 43.0 Å². The number of hydroxylamine groups is 2. The van der Waals surface area contributed by atoms with E-state index in [-0.39, 0.29) is 43.7 Å². The van der Waals surface area contributed by atoms with E-state index >= 15 is 0 Å². The number of amides is 4. The number of ether oxygens (including phenoxy) is 2. The van der Waals surface area contributed by atoms with E-state index in [1.807, 2.05) is 30.3 Å². The topological polar surface area (TPSA) is 184 Å². The predicted molar refractivity (Wildman–Crippen MR) is 141 cm³/mol. The van der Waals surface area contributed by atoms with Crippen molar-refractivity contribution in [2.75, 3.05) is 5.32 Å². The lowest BCUT2D eigenvalue weighted by atomic mass is 10.2. The summed E-state index contributed by atoms with van der Waals surface area (Å²) in [6.45, 7) is 5.11. The Bertz CT molecular complexity index is 1440. The Morgan fingerprint density at radius 2 is 1.71 bits per heavy atom. The second-order valence-corrected chi connectivity index (χ2v) is 10.00. The van der Waals surface area contributed by atoms with Crippen molar-refractivity contribution in [3.63, 3.8) is 0 Å². The van der Waals surface area contributed by atoms with E-state index in [2.05, 4.69) is 25.6 Å². The van der Waals surface area contributed by atoms with Gasteiger partial charge < -0.3 is 24.2 Å². The molecule has 1 fully saturated rings. The summed E-state index contributed by atoms with van der Waals surface area (Å²) >= 11 is 0. The molecular weight excluding hydrogens is 538 g/mol. The average Bonchev–Trinajstić information content (AvgIpc) is 3.48. The number of fused-ring (bicyclic) bond motifs is 1. The minimum Gasteiger partial charge on any atom is -0.444 e. The van der Waals surface area contributed by atoms with Crippen molar-refractivity contribution in [1.82, 2.24) is 29.9 Å². The maximum Gasteiger partial charge on any atom is 0.413 e. The molecule has 0 aliphatic carbocycles. The first-order valence-electron chi connectivity index (χ1n) is 12.7. The van der Waals surface area contributed by atoms with Gasteiger partial charge in [0.2, 0.25) is 0 Å². The lowest BCUT2D eigenvalue weighted by Gasteiger charge is -2.23. The van der Waals surface area contributed by atoms with Gasteiger partial charge in [0, 0.05) is 19.4 Å². The summed E-state index contributed by atoms with van der Waals surface area (Å²) in [4.78, 5) is 79.1. The SMILES string of the molecule is CC(C)(C)OC(=O)N[C@@H](CCn1cnc2c(NC(=O)OCc3ccccc3)ncnc21)C(=O)ON1C(=O)CCC1=O. The first kappa shape index (κ1) is 28.9. The second kappa shape index (κ2) is 12.4. The molecule has 3 heterocycles. The smallest absolute Gasteiger partial charge is 0.413 e. The van der Waals surface area contributed by atoms with Gasteiger partial charge in [-0.05, 0) is 32.8 Å². The number of carbonyl (C=O) groups excluding carboxylic acids is 5. The Hall–Kier alpha value is -5.08. The Morgan fingerprint density at radius 3 is 2.39 bits per heavy atom. The molecule has 3 aromatic rings. The van der Waals surface area contributed by atoms with Crippen LogP contribution >= 0.6 is 0 Å². The standard InChI is InChI=1S/C26H29N7O8/c1-26(2,3)40-25(38)30-17(23(36)41-33-18(34)9-10-19(33)35)11-12-32-15-29-20-21(27-14-28-22(20)32)31-24(37)39-13-16-7-5-4-6-8-16/h4-8,14-15,17H,9-13H2,1-3H3,(H,30,38)(H,27,28,31,37)/t17-/m0/s1. The van der Waals surface area contributed by atoms with E-state index < -0.39 is 41.6 Å². The molecule has 216 valence electrons. The lowest BCUT2D eigenvalue weighted by Crippen LogP contribution is -2.47. The summed E-state index contributed by atoms with van der Waals surface area (Å²) in [6, 6.07) is 7.85. The van der Waals surface area contributed by atoms with Crippen LogP contribution in [-0.4, -0.2) is 66.2 Å². The van der Waals surface area contributed by atoms with Crippen molar-refractivity contribution in [2.24, 2.45) is 0 Å². The molecule has 41 heavy (non-hydrogen) atoms. The average molecular weight is 568 g/mol. The van der Waals surface area contributed by atoms with E-state index in [1.54, 1.807) is 25.3 Å². The number of benzene rings is 1. The number of rotatable bonds is 9. The molecule has 4 amide bonds. The van der Waals surface area contributed by atoms with Gasteiger partial charge in [0.1, 0.15) is 24.6 Å². The largest absolute Gasteiger partial charge is 0.444 e. The molecule has 2 aromatic heterocycles. The highest BCUT2D eigenvalue weighted by atomic mass is 16.7. The highest BCUT2D eigenvalue weighted by molar-refractivity contribution is 6.02. The zero-order valence-electron chi connectivity index (χ0n) is 22.7. The fraction of sp³-hybridized carbons (Fsp3) is 0.385. The molecule has 1 aromatic carbocycles. The lowest BCUT2D eigenvalue weighted by molar-refractivity contribution is -0.199. The summed E-state index contributed by atoms with van der Waals surface area (Å²) in [5.41, 5.74) is 0.554. The number of hydrogen-bond acceptors (Lipinski definition) is 11. The van der Waals surface area contributed by atoms with Crippen LogP contribution in [0, 0.1) is 0 Å².